The van der Waals surface area contributed by atoms with Gasteiger partial charge in [0.25, 0.3) is 11.8 Å². The molecular weight excluding hydrogens is 398 g/mol. The van der Waals surface area contributed by atoms with Crippen molar-refractivity contribution >= 4 is 34.8 Å². The van der Waals surface area contributed by atoms with E-state index >= 15 is 0 Å². The van der Waals surface area contributed by atoms with Crippen LogP contribution in [0.3, 0.4) is 0 Å². The molecule has 5 nitrogen and oxygen atoms in total. The van der Waals surface area contributed by atoms with Crippen molar-refractivity contribution in [2.45, 2.75) is 25.7 Å². The van der Waals surface area contributed by atoms with Crippen LogP contribution < -0.4 is 9.64 Å². The van der Waals surface area contributed by atoms with Gasteiger partial charge in [0, 0.05) is 0 Å². The summed E-state index contributed by atoms with van der Waals surface area (Å²) in [7, 11) is 0. The van der Waals surface area contributed by atoms with Gasteiger partial charge < -0.3 is 9.15 Å². The number of hydrogen-bond donors (Lipinski definition) is 0. The number of benzene rings is 2. The van der Waals surface area contributed by atoms with Crippen LogP contribution in [0, 0.1) is 0 Å². The van der Waals surface area contributed by atoms with Crippen molar-refractivity contribution in [3.05, 3.63) is 89.2 Å². The zero-order valence-corrected chi connectivity index (χ0v) is 17.5. The number of ether oxygens (including phenoxy) is 1. The predicted octanol–water partition coefficient (Wildman–Crippen LogP) is 5.28. The molecule has 6 heteroatoms. The number of amides is 2. The van der Waals surface area contributed by atoms with Gasteiger partial charge in [0.1, 0.15) is 11.5 Å². The molecule has 0 unspecified atom stereocenters. The maximum absolute atomic E-state index is 13.5. The molecule has 2 heterocycles. The fraction of sp³-hybridized carbons (Fsp3) is 0.167. The van der Waals surface area contributed by atoms with E-state index < -0.39 is 0 Å². The van der Waals surface area contributed by atoms with Crippen LogP contribution in [0.25, 0.3) is 5.57 Å². The summed E-state index contributed by atoms with van der Waals surface area (Å²) < 4.78 is 11.3. The molecule has 30 heavy (non-hydrogen) atoms. The molecule has 0 spiro atoms. The predicted molar refractivity (Wildman–Crippen MR) is 118 cm³/mol. The second-order valence-electron chi connectivity index (χ2n) is 7.02. The normalized spacial score (nSPS) is 14.2. The number of furan rings is 1. The van der Waals surface area contributed by atoms with E-state index in [2.05, 4.69) is 0 Å². The average Bonchev–Trinajstić information content (AvgIpc) is 3.33. The quantitative estimate of drug-likeness (QED) is 0.487. The molecule has 0 bridgehead atoms. The summed E-state index contributed by atoms with van der Waals surface area (Å²) in [4.78, 5) is 28.5. The molecule has 1 aliphatic heterocycles. The van der Waals surface area contributed by atoms with Crippen molar-refractivity contribution in [1.82, 2.24) is 0 Å². The number of imide groups is 1. The smallest absolute Gasteiger partial charge is 0.272 e. The molecule has 4 rings (SSSR count). The SMILES string of the molecule is CC(C)Oc1ccccc1N1C(=O)C(SCc2ccco2)=C(c2ccccc2)C1=O. The molecule has 1 aliphatic rings. The first kappa shape index (κ1) is 20.0. The number of hydrogen-bond acceptors (Lipinski definition) is 5. The van der Waals surface area contributed by atoms with Crippen LogP contribution in [0.1, 0.15) is 25.2 Å². The highest BCUT2D eigenvalue weighted by molar-refractivity contribution is 8.03. The monoisotopic (exact) mass is 419 g/mol. The molecular formula is C24H21NO4S. The molecule has 2 amide bonds. The Kier molecular flexibility index (Phi) is 5.77. The Bertz CT molecular complexity index is 1090. The molecule has 1 aromatic heterocycles. The molecule has 152 valence electrons. The van der Waals surface area contributed by atoms with Crippen LogP contribution in [0.5, 0.6) is 5.75 Å². The number of nitrogens with zero attached hydrogens (tertiary/aromatic N) is 1. The molecule has 0 saturated heterocycles. The Balaban J connectivity index is 1.75. The summed E-state index contributed by atoms with van der Waals surface area (Å²) in [5.41, 5.74) is 1.56. The van der Waals surface area contributed by atoms with Gasteiger partial charge in [0.05, 0.1) is 34.3 Å². The summed E-state index contributed by atoms with van der Waals surface area (Å²) in [6.07, 6.45) is 1.50. The highest BCUT2D eigenvalue weighted by atomic mass is 32.2. The maximum Gasteiger partial charge on any atom is 0.272 e. The minimum Gasteiger partial charge on any atom is -0.489 e. The molecule has 0 atom stereocenters. The van der Waals surface area contributed by atoms with Gasteiger partial charge in [-0.3, -0.25) is 9.59 Å². The lowest BCUT2D eigenvalue weighted by Crippen LogP contribution is -2.32. The lowest BCUT2D eigenvalue weighted by molar-refractivity contribution is -0.119. The number of thioether (sulfide) groups is 1. The lowest BCUT2D eigenvalue weighted by atomic mass is 10.1. The van der Waals surface area contributed by atoms with Crippen molar-refractivity contribution in [3.63, 3.8) is 0 Å². The summed E-state index contributed by atoms with van der Waals surface area (Å²) in [5.74, 6) is 0.986. The topological polar surface area (TPSA) is 59.8 Å². The van der Waals surface area contributed by atoms with Crippen LogP contribution in [0.15, 0.2) is 82.3 Å². The molecule has 0 radical (unpaired) electrons. The first-order chi connectivity index (χ1) is 14.6. The average molecular weight is 420 g/mol. The standard InChI is InChI=1S/C24H21NO4S/c1-16(2)29-20-13-7-6-12-19(20)25-23(26)21(17-9-4-3-5-10-17)22(24(25)27)30-15-18-11-8-14-28-18/h3-14,16H,15H2,1-2H3. The fourth-order valence-electron chi connectivity index (χ4n) is 3.26. The molecule has 0 fully saturated rings. The third kappa shape index (κ3) is 3.91. The lowest BCUT2D eigenvalue weighted by Gasteiger charge is -2.20. The van der Waals surface area contributed by atoms with E-state index in [0.717, 1.165) is 5.76 Å². The van der Waals surface area contributed by atoms with Gasteiger partial charge >= 0.3 is 0 Å². The Hall–Kier alpha value is -3.25. The second-order valence-corrected chi connectivity index (χ2v) is 8.00. The summed E-state index contributed by atoms with van der Waals surface area (Å²) in [6, 6.07) is 20.0. The molecule has 0 N–H and O–H groups in total. The van der Waals surface area contributed by atoms with E-state index in [1.807, 2.05) is 56.3 Å². The zero-order valence-electron chi connectivity index (χ0n) is 16.7. The van der Waals surface area contributed by atoms with Crippen molar-refractivity contribution < 1.29 is 18.7 Å². The number of carbonyl (C=O) groups is 2. The summed E-state index contributed by atoms with van der Waals surface area (Å²) >= 11 is 1.31. The summed E-state index contributed by atoms with van der Waals surface area (Å²) in [5, 5.41) is 0. The van der Waals surface area contributed by atoms with Crippen molar-refractivity contribution in [2.75, 3.05) is 4.90 Å². The van der Waals surface area contributed by atoms with Gasteiger partial charge in [0.2, 0.25) is 0 Å². The van der Waals surface area contributed by atoms with E-state index in [9.17, 15) is 9.59 Å². The first-order valence-corrected chi connectivity index (χ1v) is 10.6. The van der Waals surface area contributed by atoms with Gasteiger partial charge in [-0.05, 0) is 43.7 Å². The third-order valence-corrected chi connectivity index (χ3v) is 5.61. The fourth-order valence-corrected chi connectivity index (χ4v) is 4.27. The summed E-state index contributed by atoms with van der Waals surface area (Å²) in [6.45, 7) is 3.81. The van der Waals surface area contributed by atoms with Gasteiger partial charge in [0.15, 0.2) is 0 Å². The van der Waals surface area contributed by atoms with Gasteiger partial charge in [-0.15, -0.1) is 11.8 Å². The van der Waals surface area contributed by atoms with Gasteiger partial charge in [-0.25, -0.2) is 4.90 Å². The van der Waals surface area contributed by atoms with Crippen LogP contribution >= 0.6 is 11.8 Å². The number of anilines is 1. The Morgan fingerprint density at radius 1 is 0.933 bits per heavy atom. The van der Waals surface area contributed by atoms with Crippen LogP contribution in [-0.2, 0) is 15.3 Å². The van der Waals surface area contributed by atoms with Gasteiger partial charge in [-0.1, -0.05) is 42.5 Å². The van der Waals surface area contributed by atoms with E-state index in [4.69, 9.17) is 9.15 Å². The number of carbonyl (C=O) groups excluding carboxylic acids is 2. The Morgan fingerprint density at radius 2 is 1.67 bits per heavy atom. The highest BCUT2D eigenvalue weighted by Crippen LogP contribution is 2.42. The maximum atomic E-state index is 13.5. The number of para-hydroxylation sites is 2. The number of rotatable bonds is 7. The minimum atomic E-state index is -0.354. The van der Waals surface area contributed by atoms with Crippen molar-refractivity contribution in [3.8, 4) is 5.75 Å². The van der Waals surface area contributed by atoms with Crippen LogP contribution in [0.4, 0.5) is 5.69 Å². The van der Waals surface area contributed by atoms with E-state index in [1.54, 1.807) is 30.5 Å². The first-order valence-electron chi connectivity index (χ1n) is 9.65. The Morgan fingerprint density at radius 3 is 2.37 bits per heavy atom. The highest BCUT2D eigenvalue weighted by Gasteiger charge is 2.41. The molecule has 0 aliphatic carbocycles. The Labute approximate surface area is 179 Å². The largest absolute Gasteiger partial charge is 0.489 e. The van der Waals surface area contributed by atoms with Gasteiger partial charge in [-0.2, -0.15) is 0 Å². The van der Waals surface area contributed by atoms with Crippen molar-refractivity contribution in [1.29, 1.82) is 0 Å². The van der Waals surface area contributed by atoms with E-state index in [0.29, 0.717) is 33.2 Å². The minimum absolute atomic E-state index is 0.0895. The van der Waals surface area contributed by atoms with Crippen LogP contribution in [0.2, 0.25) is 0 Å². The molecule has 0 saturated carbocycles. The molecule has 3 aromatic rings. The zero-order chi connectivity index (χ0) is 21.1. The van der Waals surface area contributed by atoms with Crippen LogP contribution in [-0.4, -0.2) is 17.9 Å². The second kappa shape index (κ2) is 8.63. The van der Waals surface area contributed by atoms with E-state index in [1.165, 1.54) is 16.7 Å². The molecule has 2 aromatic carbocycles. The van der Waals surface area contributed by atoms with Crippen molar-refractivity contribution in [2.24, 2.45) is 0 Å². The third-order valence-electron chi connectivity index (χ3n) is 4.51. The van der Waals surface area contributed by atoms with E-state index in [-0.39, 0.29) is 17.9 Å².